The van der Waals surface area contributed by atoms with E-state index in [9.17, 15) is 39.8 Å². The Morgan fingerprint density at radius 1 is 0.719 bits per heavy atom. The molecular formula is C39H47N11O14. The smallest absolute Gasteiger partial charge is 0.407 e. The van der Waals surface area contributed by atoms with Gasteiger partial charge < -0.3 is 48.5 Å². The summed E-state index contributed by atoms with van der Waals surface area (Å²) in [6.07, 6.45) is -13.9. The van der Waals surface area contributed by atoms with E-state index in [4.69, 9.17) is 43.4 Å². The lowest BCUT2D eigenvalue weighted by Crippen LogP contribution is -2.67. The number of ether oxygens (including phenoxy) is 8. The highest BCUT2D eigenvalue weighted by molar-refractivity contribution is 5.81. The van der Waals surface area contributed by atoms with Gasteiger partial charge in [0.05, 0.1) is 25.2 Å². The van der Waals surface area contributed by atoms with Crippen molar-refractivity contribution in [2.24, 2.45) is 15.3 Å². The Bertz CT molecular complexity index is 2080. The second-order valence-corrected chi connectivity index (χ2v) is 14.2. The molecule has 1 aliphatic heterocycles. The van der Waals surface area contributed by atoms with Crippen molar-refractivity contribution in [1.82, 2.24) is 10.6 Å². The fraction of sp³-hybridized carbons (Fsp3) is 0.538. The molecule has 11 atom stereocenters. The Hall–Kier alpha value is -7.13. The first-order valence-corrected chi connectivity index (χ1v) is 19.7. The van der Waals surface area contributed by atoms with Gasteiger partial charge in [0.15, 0.2) is 24.6 Å². The van der Waals surface area contributed by atoms with Crippen LogP contribution in [0.25, 0.3) is 31.3 Å². The molecule has 64 heavy (non-hydrogen) atoms. The van der Waals surface area contributed by atoms with E-state index < -0.39 is 110 Å². The molecule has 0 radical (unpaired) electrons. The van der Waals surface area contributed by atoms with Gasteiger partial charge in [-0.25, -0.2) is 4.79 Å². The third-order valence-corrected chi connectivity index (χ3v) is 9.55. The highest BCUT2D eigenvalue weighted by Crippen LogP contribution is 2.36. The van der Waals surface area contributed by atoms with Crippen molar-refractivity contribution in [3.8, 4) is 0 Å². The molecule has 2 fully saturated rings. The Balaban J connectivity index is 1.74. The van der Waals surface area contributed by atoms with Crippen molar-refractivity contribution in [2.45, 2.75) is 121 Å². The minimum atomic E-state index is -1.83. The molecule has 2 aromatic rings. The summed E-state index contributed by atoms with van der Waals surface area (Å²) in [4.78, 5) is 85.3. The lowest BCUT2D eigenvalue weighted by Gasteiger charge is -2.48. The number of benzene rings is 2. The van der Waals surface area contributed by atoms with Crippen LogP contribution in [-0.4, -0.2) is 116 Å². The van der Waals surface area contributed by atoms with E-state index in [1.165, 1.54) is 0 Å². The predicted molar refractivity (Wildman–Crippen MR) is 216 cm³/mol. The van der Waals surface area contributed by atoms with Crippen molar-refractivity contribution in [2.75, 3.05) is 13.1 Å². The van der Waals surface area contributed by atoms with E-state index >= 15 is 0 Å². The van der Waals surface area contributed by atoms with Gasteiger partial charge in [-0.3, -0.25) is 24.0 Å². The third-order valence-electron chi connectivity index (χ3n) is 9.55. The molecule has 0 bridgehead atoms. The lowest BCUT2D eigenvalue weighted by atomic mass is 9.83. The highest BCUT2D eigenvalue weighted by atomic mass is 16.7. The summed E-state index contributed by atoms with van der Waals surface area (Å²) >= 11 is 0. The minimum Gasteiger partial charge on any atom is -0.458 e. The first kappa shape index (κ1) is 49.5. The Morgan fingerprint density at radius 3 is 1.86 bits per heavy atom. The van der Waals surface area contributed by atoms with Gasteiger partial charge in [-0.2, -0.15) is 0 Å². The molecule has 2 aromatic carbocycles. The molecule has 4 rings (SSSR count). The Labute approximate surface area is 365 Å². The molecule has 1 saturated carbocycles. The molecule has 342 valence electrons. The first-order valence-electron chi connectivity index (χ1n) is 19.7. The molecule has 2 aliphatic rings. The molecule has 1 saturated heterocycles. The summed E-state index contributed by atoms with van der Waals surface area (Å²) in [5.41, 5.74) is 29.8. The number of hydrogen-bond donors (Lipinski definition) is 2. The zero-order valence-corrected chi connectivity index (χ0v) is 35.1. The largest absolute Gasteiger partial charge is 0.458 e. The molecular weight excluding hydrogens is 846 g/mol. The van der Waals surface area contributed by atoms with Crippen LogP contribution in [0.1, 0.15) is 51.7 Å². The van der Waals surface area contributed by atoms with Crippen molar-refractivity contribution in [1.29, 1.82) is 0 Å². The number of carbonyl (C=O) groups excluding carboxylic acids is 6. The quantitative estimate of drug-likeness (QED) is 0.0616. The molecule has 0 spiro atoms. The third kappa shape index (κ3) is 15.0. The maximum atomic E-state index is 14.4. The van der Waals surface area contributed by atoms with Crippen LogP contribution in [0, 0.1) is 0 Å². The number of nitrogens with zero attached hydrogens (tertiary/aromatic N) is 9. The molecule has 1 heterocycles. The van der Waals surface area contributed by atoms with E-state index in [0.717, 1.165) is 33.3 Å². The Morgan fingerprint density at radius 2 is 1.28 bits per heavy atom. The summed E-state index contributed by atoms with van der Waals surface area (Å²) in [6.45, 7) is 3.39. The minimum absolute atomic E-state index is 0.0160. The predicted octanol–water partition coefficient (Wildman–Crippen LogP) is 4.28. The topological polar surface area (TPSA) is 347 Å². The van der Waals surface area contributed by atoms with Crippen molar-refractivity contribution in [3.63, 3.8) is 0 Å². The fourth-order valence-corrected chi connectivity index (χ4v) is 7.00. The van der Waals surface area contributed by atoms with Crippen molar-refractivity contribution >= 4 is 35.9 Å². The second kappa shape index (κ2) is 25.1. The summed E-state index contributed by atoms with van der Waals surface area (Å²) in [6, 6.07) is 13.4. The summed E-state index contributed by atoms with van der Waals surface area (Å²) in [5.74, 6) is -4.43. The highest BCUT2D eigenvalue weighted by Gasteiger charge is 2.55. The van der Waals surface area contributed by atoms with E-state index in [2.05, 4.69) is 40.7 Å². The zero-order valence-electron chi connectivity index (χ0n) is 35.1. The average molecular weight is 894 g/mol. The van der Waals surface area contributed by atoms with Gasteiger partial charge >= 0.3 is 30.0 Å². The van der Waals surface area contributed by atoms with Gasteiger partial charge in [-0.05, 0) is 34.1 Å². The molecule has 2 N–H and O–H groups in total. The SMILES string of the molecule is CC(=O)O[C@@H]1[C@@H](OC(C)=O)[C@H](N=[N+]=[N-])C[C@H](NC(=O)[C@H](CCNC(=O)OCc2ccccc2)OCc2ccccc2)[C@H]1O[C@H]1O[C@H](CN=[N+]=[N-])[C@@H](OC(C)=O)[C@H](OC(C)=O)[C@H]1N=[N+]=[N-]. The van der Waals surface area contributed by atoms with E-state index in [1.807, 2.05) is 6.07 Å². The number of hydrogen-bond acceptors (Lipinski definition) is 17. The van der Waals surface area contributed by atoms with Crippen LogP contribution in [0.3, 0.4) is 0 Å². The monoisotopic (exact) mass is 893 g/mol. The fourth-order valence-electron chi connectivity index (χ4n) is 7.00. The summed E-state index contributed by atoms with van der Waals surface area (Å²) in [7, 11) is 0. The van der Waals surface area contributed by atoms with E-state index in [0.29, 0.717) is 5.56 Å². The molecule has 1 aliphatic carbocycles. The molecule has 25 nitrogen and oxygen atoms in total. The number of nitrogens with one attached hydrogen (secondary N) is 2. The zero-order chi connectivity index (χ0) is 46.6. The number of carbonyl (C=O) groups is 6. The van der Waals surface area contributed by atoms with Gasteiger partial charge in [-0.15, -0.1) is 0 Å². The molecule has 0 aromatic heterocycles. The maximum Gasteiger partial charge on any atom is 0.407 e. The van der Waals surface area contributed by atoms with Crippen LogP contribution >= 0.6 is 0 Å². The first-order chi connectivity index (χ1) is 30.7. The van der Waals surface area contributed by atoms with Crippen LogP contribution < -0.4 is 10.6 Å². The van der Waals surface area contributed by atoms with Crippen LogP contribution in [0.5, 0.6) is 0 Å². The van der Waals surface area contributed by atoms with Gasteiger partial charge in [-0.1, -0.05) is 76.0 Å². The van der Waals surface area contributed by atoms with E-state index in [-0.39, 0.29) is 32.6 Å². The van der Waals surface area contributed by atoms with Gasteiger partial charge in [0.2, 0.25) is 5.91 Å². The summed E-state index contributed by atoms with van der Waals surface area (Å²) in [5, 5.41) is 16.4. The van der Waals surface area contributed by atoms with Crippen LogP contribution in [0.4, 0.5) is 4.79 Å². The molecule has 0 unspecified atom stereocenters. The van der Waals surface area contributed by atoms with Crippen molar-refractivity contribution < 1.29 is 66.7 Å². The molecule has 2 amide bonds. The van der Waals surface area contributed by atoms with Gasteiger partial charge in [0.25, 0.3) is 0 Å². The Kier molecular flexibility index (Phi) is 19.4. The van der Waals surface area contributed by atoms with Crippen molar-refractivity contribution in [3.05, 3.63) is 103 Å². The maximum absolute atomic E-state index is 14.4. The van der Waals surface area contributed by atoms with Crippen LogP contribution in [0.15, 0.2) is 76.0 Å². The summed E-state index contributed by atoms with van der Waals surface area (Å²) < 4.78 is 46.0. The lowest BCUT2D eigenvalue weighted by molar-refractivity contribution is -0.294. The number of rotatable bonds is 20. The van der Waals surface area contributed by atoms with Gasteiger partial charge in [0, 0.05) is 55.4 Å². The molecule has 25 heteroatoms. The van der Waals surface area contributed by atoms with Gasteiger partial charge in [0.1, 0.15) is 37.1 Å². The number of azide groups is 3. The standard InChI is InChI=1S/C39H47N11O14/c1-21(51)59-33-28(46-49-41)17-27(45-37(55)29(57-19-25-11-7-5-8-12-25)15-16-43-39(56)58-20-26-13-9-6-10-14-26)32(36(33)62-24(4)54)64-38-31(47-50-42)35(61-23(3)53)34(60-22(2)52)30(63-38)18-44-48-40/h5-14,27-36,38H,15-20H2,1-4H3,(H,43,56)(H,45,55)/t27-,28+,29-,30+,31+,32+,33-,34+,35+,36-,38+/m0/s1. The van der Waals surface area contributed by atoms with Crippen LogP contribution in [-0.2, 0) is 75.1 Å². The number of amides is 2. The second-order valence-electron chi connectivity index (χ2n) is 14.2. The number of esters is 4. The number of alkyl carbamates (subject to hydrolysis) is 1. The van der Waals surface area contributed by atoms with Crippen LogP contribution in [0.2, 0.25) is 0 Å². The average Bonchev–Trinajstić information content (AvgIpc) is 3.25. The van der Waals surface area contributed by atoms with E-state index in [1.54, 1.807) is 54.6 Å². The normalized spacial score (nSPS) is 25.2.